The molecule has 1 aromatic heterocycles. The van der Waals surface area contributed by atoms with Gasteiger partial charge in [0.25, 0.3) is 10.0 Å². The molecule has 1 heterocycles. The summed E-state index contributed by atoms with van der Waals surface area (Å²) >= 11 is 1.26. The van der Waals surface area contributed by atoms with E-state index in [4.69, 9.17) is 4.74 Å². The van der Waals surface area contributed by atoms with E-state index >= 15 is 0 Å². The van der Waals surface area contributed by atoms with Crippen LogP contribution in [-0.2, 0) is 26.2 Å². The average molecular weight is 478 g/mol. The molecule has 0 fully saturated rings. The molecule has 0 saturated carbocycles. The zero-order valence-electron chi connectivity index (χ0n) is 17.2. The highest BCUT2D eigenvalue weighted by Gasteiger charge is 2.18. The number of carbonyl (C=O) groups excluding carboxylic acids is 2. The quantitative estimate of drug-likeness (QED) is 0.495. The number of nitrogens with one attached hydrogen (secondary N) is 1. The van der Waals surface area contributed by atoms with E-state index in [1.165, 1.54) is 59.6 Å². The van der Waals surface area contributed by atoms with Gasteiger partial charge in [0.05, 0.1) is 16.2 Å². The number of benzene rings is 2. The first kappa shape index (κ1) is 23.4. The summed E-state index contributed by atoms with van der Waals surface area (Å²) in [5, 5.41) is 2.19. The summed E-state index contributed by atoms with van der Waals surface area (Å²) in [7, 11) is -3.99. The van der Waals surface area contributed by atoms with Crippen LogP contribution >= 0.6 is 11.3 Å². The maximum atomic E-state index is 13.0. The van der Waals surface area contributed by atoms with Crippen molar-refractivity contribution >= 4 is 44.1 Å². The van der Waals surface area contributed by atoms with Crippen molar-refractivity contribution in [1.82, 2.24) is 4.98 Å². The number of esters is 1. The van der Waals surface area contributed by atoms with E-state index in [1.54, 1.807) is 5.38 Å². The number of nitrogens with zero attached hydrogens (tertiary/aromatic N) is 2. The van der Waals surface area contributed by atoms with Crippen molar-refractivity contribution in [2.24, 2.45) is 0 Å². The third kappa shape index (κ3) is 5.68. The van der Waals surface area contributed by atoms with Gasteiger partial charge < -0.3 is 4.74 Å². The molecule has 11 heteroatoms. The van der Waals surface area contributed by atoms with Crippen molar-refractivity contribution in [2.75, 3.05) is 16.2 Å². The number of ether oxygens (including phenoxy) is 1. The summed E-state index contributed by atoms with van der Waals surface area (Å²) in [6.45, 7) is 3.61. The molecule has 0 unspecified atom stereocenters. The minimum atomic E-state index is -3.99. The number of halogens is 1. The fraction of sp³-hybridized carbons (Fsp3) is 0.190. The van der Waals surface area contributed by atoms with Crippen molar-refractivity contribution < 1.29 is 27.1 Å². The molecule has 0 bridgehead atoms. The van der Waals surface area contributed by atoms with Crippen LogP contribution in [0.25, 0.3) is 0 Å². The second-order valence-corrected chi connectivity index (χ2v) is 9.12. The third-order valence-corrected chi connectivity index (χ3v) is 6.59. The fourth-order valence-electron chi connectivity index (χ4n) is 2.72. The summed E-state index contributed by atoms with van der Waals surface area (Å²) in [5.41, 5.74) is 0.701. The first-order chi connectivity index (χ1) is 15.2. The Labute approximate surface area is 188 Å². The van der Waals surface area contributed by atoms with Crippen molar-refractivity contribution in [2.45, 2.75) is 25.3 Å². The van der Waals surface area contributed by atoms with Gasteiger partial charge in [-0.25, -0.2) is 22.6 Å². The molecule has 0 radical (unpaired) electrons. The Balaban J connectivity index is 1.68. The Kier molecular flexibility index (Phi) is 7.21. The SMILES string of the molecule is CCN(C(C)=O)c1nc(COC(=O)c2cccc(S(=O)(=O)Nc3ccc(F)cc3)c2)cs1. The minimum absolute atomic E-state index is 0.0429. The van der Waals surface area contributed by atoms with E-state index in [0.29, 0.717) is 17.4 Å². The molecule has 168 valence electrons. The average Bonchev–Trinajstić information content (AvgIpc) is 3.22. The minimum Gasteiger partial charge on any atom is -0.456 e. The summed E-state index contributed by atoms with van der Waals surface area (Å²) in [4.78, 5) is 29.7. The fourth-order valence-corrected chi connectivity index (χ4v) is 4.75. The maximum Gasteiger partial charge on any atom is 0.338 e. The Bertz CT molecular complexity index is 1230. The van der Waals surface area contributed by atoms with Crippen LogP contribution < -0.4 is 9.62 Å². The van der Waals surface area contributed by atoms with Crippen LogP contribution in [0.1, 0.15) is 29.9 Å². The lowest BCUT2D eigenvalue weighted by molar-refractivity contribution is -0.116. The molecule has 0 saturated heterocycles. The van der Waals surface area contributed by atoms with E-state index in [0.717, 1.165) is 12.1 Å². The highest BCUT2D eigenvalue weighted by Crippen LogP contribution is 2.22. The van der Waals surface area contributed by atoms with Crippen LogP contribution in [0.2, 0.25) is 0 Å². The van der Waals surface area contributed by atoms with E-state index < -0.39 is 21.8 Å². The smallest absolute Gasteiger partial charge is 0.338 e. The normalized spacial score (nSPS) is 11.1. The van der Waals surface area contributed by atoms with E-state index in [1.807, 2.05) is 6.92 Å². The summed E-state index contributed by atoms with van der Waals surface area (Å²) < 4.78 is 45.8. The zero-order valence-corrected chi connectivity index (χ0v) is 18.9. The summed E-state index contributed by atoms with van der Waals surface area (Å²) in [6, 6.07) is 10.2. The molecule has 0 atom stereocenters. The van der Waals surface area contributed by atoms with Gasteiger partial charge in [0.1, 0.15) is 12.4 Å². The number of carbonyl (C=O) groups is 2. The lowest BCUT2D eigenvalue weighted by atomic mass is 10.2. The lowest BCUT2D eigenvalue weighted by Crippen LogP contribution is -2.27. The number of aromatic nitrogens is 1. The van der Waals surface area contributed by atoms with Gasteiger partial charge in [-0.3, -0.25) is 14.4 Å². The molecule has 3 rings (SSSR count). The first-order valence-electron chi connectivity index (χ1n) is 9.47. The molecule has 8 nitrogen and oxygen atoms in total. The Hall–Kier alpha value is -3.31. The van der Waals surface area contributed by atoms with Gasteiger partial charge in [0.2, 0.25) is 5.91 Å². The summed E-state index contributed by atoms with van der Waals surface area (Å²) in [5.74, 6) is -1.36. The van der Waals surface area contributed by atoms with Gasteiger partial charge in [0.15, 0.2) is 5.13 Å². The Morgan fingerprint density at radius 3 is 2.56 bits per heavy atom. The predicted molar refractivity (Wildman–Crippen MR) is 119 cm³/mol. The Morgan fingerprint density at radius 1 is 1.19 bits per heavy atom. The van der Waals surface area contributed by atoms with Crippen LogP contribution in [0.15, 0.2) is 58.8 Å². The predicted octanol–water partition coefficient (Wildman–Crippen LogP) is 3.81. The number of hydrogen-bond acceptors (Lipinski definition) is 7. The van der Waals surface area contributed by atoms with Gasteiger partial charge in [-0.1, -0.05) is 6.07 Å². The zero-order chi connectivity index (χ0) is 23.3. The molecular weight excluding hydrogens is 457 g/mol. The third-order valence-electron chi connectivity index (χ3n) is 4.29. The van der Waals surface area contributed by atoms with Crippen LogP contribution in [0.5, 0.6) is 0 Å². The molecular formula is C21H20FN3O5S2. The maximum absolute atomic E-state index is 13.0. The van der Waals surface area contributed by atoms with E-state index in [9.17, 15) is 22.4 Å². The van der Waals surface area contributed by atoms with E-state index in [2.05, 4.69) is 9.71 Å². The summed E-state index contributed by atoms with van der Waals surface area (Å²) in [6.07, 6.45) is 0. The highest BCUT2D eigenvalue weighted by atomic mass is 32.2. The number of sulfonamides is 1. The number of thiazole rings is 1. The second kappa shape index (κ2) is 9.88. The monoisotopic (exact) mass is 477 g/mol. The van der Waals surface area contributed by atoms with Gasteiger partial charge in [-0.15, -0.1) is 11.3 Å². The number of amides is 1. The Morgan fingerprint density at radius 2 is 1.91 bits per heavy atom. The van der Waals surface area contributed by atoms with Gasteiger partial charge in [-0.2, -0.15) is 0 Å². The second-order valence-electron chi connectivity index (χ2n) is 6.60. The van der Waals surface area contributed by atoms with Crippen molar-refractivity contribution in [3.05, 3.63) is 71.0 Å². The van der Waals surface area contributed by atoms with Crippen molar-refractivity contribution in [3.8, 4) is 0 Å². The molecule has 2 aromatic carbocycles. The molecule has 0 aliphatic heterocycles. The van der Waals surface area contributed by atoms with Gasteiger partial charge >= 0.3 is 5.97 Å². The standard InChI is InChI=1S/C21H20FN3O5S2/c1-3-25(14(2)26)21-23-18(13-31-21)12-30-20(27)15-5-4-6-19(11-15)32(28,29)24-17-9-7-16(22)8-10-17/h4-11,13,24H,3,12H2,1-2H3. The molecule has 3 aromatic rings. The topological polar surface area (TPSA) is 106 Å². The highest BCUT2D eigenvalue weighted by molar-refractivity contribution is 7.92. The van der Waals surface area contributed by atoms with Crippen LogP contribution in [-0.4, -0.2) is 31.8 Å². The van der Waals surface area contributed by atoms with E-state index in [-0.39, 0.29) is 28.7 Å². The molecule has 1 amide bonds. The molecule has 0 aliphatic rings. The molecule has 1 N–H and O–H groups in total. The largest absolute Gasteiger partial charge is 0.456 e. The molecule has 32 heavy (non-hydrogen) atoms. The first-order valence-corrected chi connectivity index (χ1v) is 11.8. The van der Waals surface area contributed by atoms with Crippen molar-refractivity contribution in [3.63, 3.8) is 0 Å². The number of hydrogen-bond donors (Lipinski definition) is 1. The number of rotatable bonds is 8. The van der Waals surface area contributed by atoms with Crippen LogP contribution in [0, 0.1) is 5.82 Å². The van der Waals surface area contributed by atoms with Crippen LogP contribution in [0.4, 0.5) is 15.2 Å². The number of anilines is 2. The molecule has 0 aliphatic carbocycles. The lowest BCUT2D eigenvalue weighted by Gasteiger charge is -2.14. The van der Waals surface area contributed by atoms with Crippen molar-refractivity contribution in [1.29, 1.82) is 0 Å². The van der Waals surface area contributed by atoms with Gasteiger partial charge in [0, 0.05) is 24.5 Å². The van der Waals surface area contributed by atoms with Gasteiger partial charge in [-0.05, 0) is 49.4 Å². The van der Waals surface area contributed by atoms with Crippen LogP contribution in [0.3, 0.4) is 0 Å². The molecule has 0 spiro atoms.